The Morgan fingerprint density at radius 1 is 1.12 bits per heavy atom. The summed E-state index contributed by atoms with van der Waals surface area (Å²) in [7, 11) is 3.96. The molecule has 1 aliphatic carbocycles. The molecule has 0 unspecified atom stereocenters. The molecular formula is C13H26N2Zn. The second-order valence-corrected chi connectivity index (χ2v) is 4.74. The molecule has 90 valence electrons. The summed E-state index contributed by atoms with van der Waals surface area (Å²) in [5.74, 6) is 1.42. The number of nitrogens with zero attached hydrogens (tertiary/aromatic N) is 2. The third-order valence-corrected chi connectivity index (χ3v) is 1.85. The van der Waals surface area contributed by atoms with Gasteiger partial charge in [-0.2, -0.15) is 26.5 Å². The van der Waals surface area contributed by atoms with E-state index in [1.165, 1.54) is 37.3 Å². The first kappa shape index (κ1) is 18.5. The van der Waals surface area contributed by atoms with Gasteiger partial charge in [0.15, 0.2) is 0 Å². The van der Waals surface area contributed by atoms with Crippen molar-refractivity contribution in [2.24, 2.45) is 0 Å². The average molecular weight is 276 g/mol. The molecule has 0 bridgehead atoms. The first-order valence-electron chi connectivity index (χ1n) is 5.87. The number of rotatable bonds is 2. The van der Waals surface area contributed by atoms with Crippen LogP contribution < -0.4 is 0 Å². The molecule has 0 aliphatic heterocycles. The number of hydrogen-bond donors (Lipinski definition) is 0. The maximum Gasteiger partial charge on any atom is 2.00 e. The van der Waals surface area contributed by atoms with E-state index in [2.05, 4.69) is 32.3 Å². The average Bonchev–Trinajstić information content (AvgIpc) is 2.30. The number of hydrogen-bond acceptors (Lipinski definition) is 1. The molecule has 0 atom stereocenters. The van der Waals surface area contributed by atoms with Crippen LogP contribution >= 0.6 is 0 Å². The van der Waals surface area contributed by atoms with Gasteiger partial charge in [-0.05, 0) is 33.4 Å². The molecule has 0 saturated heterocycles. The Bertz CT molecular complexity index is 174. The molecule has 0 heterocycles. The molecular weight excluding hydrogens is 250 g/mol. The van der Waals surface area contributed by atoms with E-state index in [1.807, 2.05) is 19.1 Å². The van der Waals surface area contributed by atoms with Crippen LogP contribution in [-0.2, 0) is 19.5 Å². The standard InChI is InChI=1S/C9H17N2.C4H9.Zn/c1-11(2)10-9-7-5-3-4-6-8-9;1-4(2)3;/h7H,3-6,8H2,1-2H3;1-3H3;/q2*-1;+2. The van der Waals surface area contributed by atoms with Gasteiger partial charge in [-0.1, -0.05) is 12.8 Å². The van der Waals surface area contributed by atoms with Gasteiger partial charge >= 0.3 is 19.5 Å². The van der Waals surface area contributed by atoms with Crippen molar-refractivity contribution in [1.82, 2.24) is 5.01 Å². The minimum absolute atomic E-state index is 0. The van der Waals surface area contributed by atoms with Gasteiger partial charge in [0.1, 0.15) is 0 Å². The quantitative estimate of drug-likeness (QED) is 0.417. The van der Waals surface area contributed by atoms with E-state index in [0.29, 0.717) is 0 Å². The predicted octanol–water partition coefficient (Wildman–Crippen LogP) is 4.30. The summed E-state index contributed by atoms with van der Waals surface area (Å²) >= 11 is 0. The van der Waals surface area contributed by atoms with E-state index >= 15 is 0 Å². The van der Waals surface area contributed by atoms with Crippen LogP contribution in [0.5, 0.6) is 0 Å². The zero-order valence-electron chi connectivity index (χ0n) is 11.7. The van der Waals surface area contributed by atoms with Crippen LogP contribution in [0.1, 0.15) is 52.9 Å². The van der Waals surface area contributed by atoms with Gasteiger partial charge in [0.05, 0.1) is 0 Å². The minimum Gasteiger partial charge on any atom is -0.624 e. The van der Waals surface area contributed by atoms with Gasteiger partial charge < -0.3 is 16.4 Å². The van der Waals surface area contributed by atoms with E-state index in [4.69, 9.17) is 0 Å². The Hall–Kier alpha value is 0.123. The molecule has 0 radical (unpaired) electrons. The first-order valence-corrected chi connectivity index (χ1v) is 5.87. The Kier molecular flexibility index (Phi) is 13.4. The topological polar surface area (TPSA) is 17.3 Å². The molecule has 16 heavy (non-hydrogen) atoms. The van der Waals surface area contributed by atoms with E-state index in [1.54, 1.807) is 0 Å². The smallest absolute Gasteiger partial charge is 0.624 e. The summed E-state index contributed by atoms with van der Waals surface area (Å²) in [5, 5.41) is 1.89. The Morgan fingerprint density at radius 2 is 1.69 bits per heavy atom. The molecule has 0 amide bonds. The van der Waals surface area contributed by atoms with Crippen molar-refractivity contribution in [3.63, 3.8) is 0 Å². The van der Waals surface area contributed by atoms with Crippen molar-refractivity contribution in [3.05, 3.63) is 23.1 Å². The van der Waals surface area contributed by atoms with Crippen LogP contribution in [0.15, 0.2) is 11.8 Å². The Balaban J connectivity index is 0. The zero-order valence-corrected chi connectivity index (χ0v) is 14.7. The second-order valence-electron chi connectivity index (χ2n) is 4.74. The molecule has 0 aromatic carbocycles. The summed E-state index contributed by atoms with van der Waals surface area (Å²) < 4.78 is 0. The maximum absolute atomic E-state index is 4.39. The van der Waals surface area contributed by atoms with E-state index in [0.717, 1.165) is 6.42 Å². The van der Waals surface area contributed by atoms with Crippen LogP contribution in [-0.4, -0.2) is 19.1 Å². The van der Waals surface area contributed by atoms with E-state index in [-0.39, 0.29) is 19.5 Å². The fourth-order valence-corrected chi connectivity index (χ4v) is 1.35. The molecule has 0 aromatic heterocycles. The Morgan fingerprint density at radius 3 is 2.19 bits per heavy atom. The fourth-order valence-electron chi connectivity index (χ4n) is 1.35. The summed E-state index contributed by atoms with van der Waals surface area (Å²) in [6.45, 7) is 6.25. The molecule has 0 spiro atoms. The molecule has 0 N–H and O–H groups in total. The van der Waals surface area contributed by atoms with Gasteiger partial charge in [0.25, 0.3) is 0 Å². The molecule has 0 saturated carbocycles. The summed E-state index contributed by atoms with van der Waals surface area (Å²) in [6.07, 6.45) is 8.66. The summed E-state index contributed by atoms with van der Waals surface area (Å²) in [6, 6.07) is 0. The maximum atomic E-state index is 4.39. The van der Waals surface area contributed by atoms with E-state index < -0.39 is 0 Å². The van der Waals surface area contributed by atoms with Gasteiger partial charge in [-0.3, -0.25) is 0 Å². The van der Waals surface area contributed by atoms with Crippen molar-refractivity contribution >= 4 is 0 Å². The zero-order chi connectivity index (χ0) is 11.7. The Labute approximate surface area is 115 Å². The second kappa shape index (κ2) is 11.6. The minimum atomic E-state index is 0. The third-order valence-electron chi connectivity index (χ3n) is 1.85. The number of allylic oxidation sites excluding steroid dienone is 2. The van der Waals surface area contributed by atoms with Crippen molar-refractivity contribution in [3.8, 4) is 0 Å². The van der Waals surface area contributed by atoms with Crippen LogP contribution in [0.2, 0.25) is 0 Å². The predicted molar refractivity (Wildman–Crippen MR) is 68.5 cm³/mol. The van der Waals surface area contributed by atoms with Crippen molar-refractivity contribution < 1.29 is 19.5 Å². The van der Waals surface area contributed by atoms with Crippen LogP contribution in [0.3, 0.4) is 0 Å². The third kappa shape index (κ3) is 14.1. The van der Waals surface area contributed by atoms with Crippen molar-refractivity contribution in [1.29, 1.82) is 0 Å². The van der Waals surface area contributed by atoms with Gasteiger partial charge in [0, 0.05) is 0 Å². The van der Waals surface area contributed by atoms with Crippen molar-refractivity contribution in [2.75, 3.05) is 14.1 Å². The summed E-state index contributed by atoms with van der Waals surface area (Å²) in [4.78, 5) is 0. The fraction of sp³-hybridized carbons (Fsp3) is 0.769. The molecule has 1 aliphatic rings. The van der Waals surface area contributed by atoms with Gasteiger partial charge in [-0.25, -0.2) is 0 Å². The van der Waals surface area contributed by atoms with Crippen LogP contribution in [0.4, 0.5) is 0 Å². The van der Waals surface area contributed by atoms with Crippen LogP contribution in [0.25, 0.3) is 5.43 Å². The first-order chi connectivity index (χ1) is 7.02. The SMILES string of the molecule is CN(C)[N-]C1=CCCCCC1.C[C-](C)C.[Zn+2]. The molecule has 1 rings (SSSR count). The van der Waals surface area contributed by atoms with Gasteiger partial charge in [-0.15, -0.1) is 6.08 Å². The molecule has 0 aromatic rings. The van der Waals surface area contributed by atoms with Gasteiger partial charge in [0.2, 0.25) is 0 Å². The molecule has 2 nitrogen and oxygen atoms in total. The summed E-state index contributed by atoms with van der Waals surface area (Å²) in [5.41, 5.74) is 5.66. The van der Waals surface area contributed by atoms with Crippen molar-refractivity contribution in [2.45, 2.75) is 52.9 Å². The van der Waals surface area contributed by atoms with Crippen LogP contribution in [0, 0.1) is 5.92 Å². The van der Waals surface area contributed by atoms with E-state index in [9.17, 15) is 0 Å². The normalized spacial score (nSPS) is 15.6. The monoisotopic (exact) mass is 274 g/mol. The molecule has 0 fully saturated rings. The molecule has 3 heteroatoms. The largest absolute Gasteiger partial charge is 2.00 e.